The van der Waals surface area contributed by atoms with Crippen LogP contribution in [0.1, 0.15) is 23.9 Å². The number of benzene rings is 2. The summed E-state index contributed by atoms with van der Waals surface area (Å²) in [7, 11) is 0. The van der Waals surface area contributed by atoms with E-state index >= 15 is 0 Å². The summed E-state index contributed by atoms with van der Waals surface area (Å²) < 4.78 is 7.87. The number of nitrogens with zero attached hydrogens (tertiary/aromatic N) is 2. The largest absolute Gasteiger partial charge is 0.491 e. The Morgan fingerprint density at radius 2 is 1.83 bits per heavy atom. The van der Waals surface area contributed by atoms with Gasteiger partial charge in [-0.3, -0.25) is 0 Å². The molecule has 0 fully saturated rings. The van der Waals surface area contributed by atoms with E-state index < -0.39 is 6.10 Å². The molecule has 4 nitrogen and oxygen atoms in total. The van der Waals surface area contributed by atoms with E-state index in [1.54, 1.807) is 0 Å². The number of hydrogen-bond donors (Lipinski definition) is 1. The van der Waals surface area contributed by atoms with Crippen molar-refractivity contribution < 1.29 is 9.84 Å². The Balaban J connectivity index is 1.72. The molecule has 0 saturated carbocycles. The number of aliphatic hydroxyl groups is 1. The predicted molar refractivity (Wildman–Crippen MR) is 96.5 cm³/mol. The van der Waals surface area contributed by atoms with E-state index in [0.29, 0.717) is 6.54 Å². The minimum absolute atomic E-state index is 0.262. The van der Waals surface area contributed by atoms with Gasteiger partial charge in [-0.05, 0) is 49.2 Å². The van der Waals surface area contributed by atoms with Gasteiger partial charge in [0.2, 0.25) is 0 Å². The average molecular weight is 324 g/mol. The molecule has 1 heterocycles. The van der Waals surface area contributed by atoms with E-state index in [9.17, 15) is 5.11 Å². The average Bonchev–Trinajstić information content (AvgIpc) is 2.90. The molecular weight excluding hydrogens is 300 g/mol. The van der Waals surface area contributed by atoms with Crippen molar-refractivity contribution in [3.8, 4) is 5.75 Å². The third kappa shape index (κ3) is 3.60. The molecule has 0 aliphatic heterocycles. The number of hydrogen-bond acceptors (Lipinski definition) is 3. The summed E-state index contributed by atoms with van der Waals surface area (Å²) in [6.45, 7) is 6.91. The fourth-order valence-electron chi connectivity index (χ4n) is 3.07. The van der Waals surface area contributed by atoms with Crippen LogP contribution in [-0.4, -0.2) is 27.4 Å². The first-order chi connectivity index (χ1) is 11.6. The molecule has 126 valence electrons. The fourth-order valence-corrected chi connectivity index (χ4v) is 3.07. The van der Waals surface area contributed by atoms with Gasteiger partial charge >= 0.3 is 0 Å². The van der Waals surface area contributed by atoms with Gasteiger partial charge in [0.1, 0.15) is 24.3 Å². The lowest BCUT2D eigenvalue weighted by Gasteiger charge is -2.16. The molecule has 3 aromatic rings. The number of ether oxygens (including phenoxy) is 1. The van der Waals surface area contributed by atoms with Crippen LogP contribution >= 0.6 is 0 Å². The quantitative estimate of drug-likeness (QED) is 0.753. The van der Waals surface area contributed by atoms with Crippen LogP contribution in [0.2, 0.25) is 0 Å². The van der Waals surface area contributed by atoms with Crippen LogP contribution < -0.4 is 4.74 Å². The van der Waals surface area contributed by atoms with Crippen LogP contribution in [0, 0.1) is 13.8 Å². The van der Waals surface area contributed by atoms with Gasteiger partial charge in [0.05, 0.1) is 17.6 Å². The van der Waals surface area contributed by atoms with Crippen molar-refractivity contribution in [1.29, 1.82) is 0 Å². The third-order valence-corrected chi connectivity index (χ3v) is 4.08. The normalized spacial score (nSPS) is 12.5. The van der Waals surface area contributed by atoms with Crippen LogP contribution in [-0.2, 0) is 13.0 Å². The highest BCUT2D eigenvalue weighted by Gasteiger charge is 2.13. The highest BCUT2D eigenvalue weighted by Crippen LogP contribution is 2.19. The van der Waals surface area contributed by atoms with E-state index in [0.717, 1.165) is 40.2 Å². The van der Waals surface area contributed by atoms with Gasteiger partial charge < -0.3 is 14.4 Å². The zero-order valence-corrected chi connectivity index (χ0v) is 14.5. The van der Waals surface area contributed by atoms with Crippen molar-refractivity contribution >= 4 is 11.0 Å². The highest BCUT2D eigenvalue weighted by atomic mass is 16.5. The summed E-state index contributed by atoms with van der Waals surface area (Å²) >= 11 is 0. The second-order valence-corrected chi connectivity index (χ2v) is 6.27. The maximum Gasteiger partial charge on any atom is 0.119 e. The smallest absolute Gasteiger partial charge is 0.119 e. The molecule has 0 radical (unpaired) electrons. The van der Waals surface area contributed by atoms with Crippen LogP contribution in [0.15, 0.2) is 42.5 Å². The summed E-state index contributed by atoms with van der Waals surface area (Å²) in [5.41, 5.74) is 4.35. The molecule has 1 N–H and O–H groups in total. The van der Waals surface area contributed by atoms with Gasteiger partial charge in [-0.1, -0.05) is 25.1 Å². The molecule has 1 aromatic heterocycles. The minimum Gasteiger partial charge on any atom is -0.491 e. The lowest BCUT2D eigenvalue weighted by Crippen LogP contribution is -2.24. The molecular formula is C20H24N2O2. The lowest BCUT2D eigenvalue weighted by molar-refractivity contribution is 0.0927. The van der Waals surface area contributed by atoms with E-state index in [4.69, 9.17) is 4.74 Å². The number of imidazole rings is 1. The molecule has 2 aromatic carbocycles. The number of fused-ring (bicyclic) bond motifs is 1. The van der Waals surface area contributed by atoms with Crippen LogP contribution in [0.3, 0.4) is 0 Å². The molecule has 0 saturated heterocycles. The van der Waals surface area contributed by atoms with Crippen LogP contribution in [0.4, 0.5) is 0 Å². The number of aromatic nitrogens is 2. The molecule has 3 rings (SSSR count). The fraction of sp³-hybridized carbons (Fsp3) is 0.350. The Morgan fingerprint density at radius 1 is 1.12 bits per heavy atom. The Morgan fingerprint density at radius 3 is 2.54 bits per heavy atom. The Bertz CT molecular complexity index is 819. The van der Waals surface area contributed by atoms with Gasteiger partial charge in [-0.25, -0.2) is 4.98 Å². The SMILES string of the molecule is CCc1nc2ccccc2n1C[C@H](O)COc1cc(C)cc(C)c1. The van der Waals surface area contributed by atoms with Crippen molar-refractivity contribution in [1.82, 2.24) is 9.55 Å². The Hall–Kier alpha value is -2.33. The molecule has 0 spiro atoms. The highest BCUT2D eigenvalue weighted by molar-refractivity contribution is 5.75. The second-order valence-electron chi connectivity index (χ2n) is 6.27. The number of para-hydroxylation sites is 2. The Labute approximate surface area is 142 Å². The van der Waals surface area contributed by atoms with Gasteiger partial charge in [0.15, 0.2) is 0 Å². The lowest BCUT2D eigenvalue weighted by atomic mass is 10.1. The van der Waals surface area contributed by atoms with E-state index in [1.165, 1.54) is 0 Å². The molecule has 0 aliphatic carbocycles. The standard InChI is InChI=1S/C20H24N2O2/c1-4-20-21-18-7-5-6-8-19(18)22(20)12-16(23)13-24-17-10-14(2)9-15(3)11-17/h5-11,16,23H,4,12-13H2,1-3H3/t16-/m0/s1. The van der Waals surface area contributed by atoms with Gasteiger partial charge in [-0.15, -0.1) is 0 Å². The van der Waals surface area contributed by atoms with Gasteiger partial charge in [0.25, 0.3) is 0 Å². The maximum atomic E-state index is 10.4. The number of aliphatic hydroxyl groups excluding tert-OH is 1. The zero-order chi connectivity index (χ0) is 17.1. The van der Waals surface area contributed by atoms with Crippen molar-refractivity contribution in [3.05, 3.63) is 59.4 Å². The van der Waals surface area contributed by atoms with Crippen LogP contribution in [0.5, 0.6) is 5.75 Å². The van der Waals surface area contributed by atoms with Crippen molar-refractivity contribution in [2.45, 2.75) is 39.8 Å². The zero-order valence-electron chi connectivity index (χ0n) is 14.5. The molecule has 1 atom stereocenters. The molecule has 0 bridgehead atoms. The number of aryl methyl sites for hydroxylation is 3. The third-order valence-electron chi connectivity index (χ3n) is 4.08. The first-order valence-electron chi connectivity index (χ1n) is 8.40. The number of rotatable bonds is 6. The van der Waals surface area contributed by atoms with Crippen molar-refractivity contribution in [3.63, 3.8) is 0 Å². The van der Waals surface area contributed by atoms with E-state index in [1.807, 2.05) is 50.2 Å². The first-order valence-corrected chi connectivity index (χ1v) is 8.40. The monoisotopic (exact) mass is 324 g/mol. The summed E-state index contributed by atoms with van der Waals surface area (Å²) in [5, 5.41) is 10.4. The Kier molecular flexibility index (Phi) is 4.86. The summed E-state index contributed by atoms with van der Waals surface area (Å²) in [6, 6.07) is 14.1. The predicted octanol–water partition coefficient (Wildman–Crippen LogP) is 3.66. The van der Waals surface area contributed by atoms with Crippen molar-refractivity contribution in [2.75, 3.05) is 6.61 Å². The summed E-state index contributed by atoms with van der Waals surface area (Å²) in [5.74, 6) is 1.79. The van der Waals surface area contributed by atoms with Gasteiger partial charge in [-0.2, -0.15) is 0 Å². The second kappa shape index (κ2) is 7.05. The first kappa shape index (κ1) is 16.5. The summed E-state index contributed by atoms with van der Waals surface area (Å²) in [6.07, 6.45) is 0.244. The molecule has 0 unspecified atom stereocenters. The molecule has 0 amide bonds. The molecule has 24 heavy (non-hydrogen) atoms. The van der Waals surface area contributed by atoms with Crippen molar-refractivity contribution in [2.24, 2.45) is 0 Å². The minimum atomic E-state index is -0.589. The van der Waals surface area contributed by atoms with E-state index in [2.05, 4.69) is 22.5 Å². The van der Waals surface area contributed by atoms with Gasteiger partial charge in [0, 0.05) is 6.42 Å². The molecule has 0 aliphatic rings. The maximum absolute atomic E-state index is 10.4. The van der Waals surface area contributed by atoms with Crippen LogP contribution in [0.25, 0.3) is 11.0 Å². The summed E-state index contributed by atoms with van der Waals surface area (Å²) in [4.78, 5) is 4.64. The molecule has 4 heteroatoms. The topological polar surface area (TPSA) is 47.3 Å². The van der Waals surface area contributed by atoms with E-state index in [-0.39, 0.29) is 6.61 Å².